The summed E-state index contributed by atoms with van der Waals surface area (Å²) in [5.74, 6) is 0. The van der Waals surface area contributed by atoms with E-state index in [9.17, 15) is 0 Å². The Balaban J connectivity index is 1.51. The molecule has 4 nitrogen and oxygen atoms in total. The van der Waals surface area contributed by atoms with Crippen molar-refractivity contribution in [2.24, 2.45) is 7.05 Å². The molecular formula is C23H23N4S2+. The van der Waals surface area contributed by atoms with Gasteiger partial charge >= 0.3 is 0 Å². The van der Waals surface area contributed by atoms with Crippen LogP contribution in [-0.2, 0) is 13.6 Å². The molecule has 0 aliphatic carbocycles. The zero-order chi connectivity index (χ0) is 20.0. The van der Waals surface area contributed by atoms with Gasteiger partial charge in [0.05, 0.1) is 27.3 Å². The molecule has 5 rings (SSSR count). The first-order valence-electron chi connectivity index (χ1n) is 9.91. The van der Waals surface area contributed by atoms with Crippen molar-refractivity contribution in [3.05, 3.63) is 64.8 Å². The second kappa shape index (κ2) is 7.35. The number of para-hydroxylation sites is 1. The van der Waals surface area contributed by atoms with Crippen molar-refractivity contribution in [3.63, 3.8) is 0 Å². The standard InChI is InChI=1S/C23H23N4S2/c1-4-26-17-9-6-7-10-19(17)28-20(26)11-8-12-21-27(5-2)18-14-13-16-15-24-25(3)22(16)23(18)29-21/h6-15H,4-5H2,1-3H3/q+1. The maximum Gasteiger partial charge on any atom is 0.262 e. The summed E-state index contributed by atoms with van der Waals surface area (Å²) in [6, 6.07) is 13.0. The first-order chi connectivity index (χ1) is 14.2. The number of hydrogen-bond donors (Lipinski definition) is 0. The van der Waals surface area contributed by atoms with E-state index in [1.165, 1.54) is 41.7 Å². The Kier molecular flexibility index (Phi) is 4.68. The maximum absolute atomic E-state index is 4.44. The summed E-state index contributed by atoms with van der Waals surface area (Å²) in [6.07, 6.45) is 8.60. The summed E-state index contributed by atoms with van der Waals surface area (Å²) in [6.45, 7) is 6.33. The van der Waals surface area contributed by atoms with Gasteiger partial charge in [0.15, 0.2) is 0 Å². The summed E-state index contributed by atoms with van der Waals surface area (Å²) >= 11 is 3.68. The molecule has 2 aromatic carbocycles. The normalized spacial score (nSPS) is 15.4. The van der Waals surface area contributed by atoms with Crippen molar-refractivity contribution in [3.8, 4) is 0 Å². The highest BCUT2D eigenvalue weighted by Gasteiger charge is 2.27. The molecule has 4 aromatic rings. The van der Waals surface area contributed by atoms with Crippen molar-refractivity contribution in [2.45, 2.75) is 25.3 Å². The predicted molar refractivity (Wildman–Crippen MR) is 124 cm³/mol. The molecule has 3 heterocycles. The molecule has 0 unspecified atom stereocenters. The fraction of sp³-hybridized carbons (Fsp3) is 0.217. The van der Waals surface area contributed by atoms with E-state index in [1.54, 1.807) is 0 Å². The molecule has 0 atom stereocenters. The van der Waals surface area contributed by atoms with Crippen LogP contribution in [0.3, 0.4) is 0 Å². The van der Waals surface area contributed by atoms with E-state index in [2.05, 4.69) is 83.0 Å². The largest absolute Gasteiger partial charge is 0.335 e. The molecule has 0 spiro atoms. The first-order valence-corrected chi connectivity index (χ1v) is 11.5. The minimum atomic E-state index is 0.945. The van der Waals surface area contributed by atoms with Gasteiger partial charge in [0.1, 0.15) is 11.2 Å². The fourth-order valence-electron chi connectivity index (χ4n) is 3.98. The molecule has 6 heteroatoms. The summed E-state index contributed by atoms with van der Waals surface area (Å²) < 4.78 is 5.69. The minimum absolute atomic E-state index is 0.945. The van der Waals surface area contributed by atoms with Gasteiger partial charge in [0, 0.05) is 31.1 Å². The number of nitrogens with zero attached hydrogens (tertiary/aromatic N) is 4. The number of fused-ring (bicyclic) bond motifs is 4. The van der Waals surface area contributed by atoms with Crippen molar-refractivity contribution in [2.75, 3.05) is 11.4 Å². The van der Waals surface area contributed by atoms with Gasteiger partial charge in [0.2, 0.25) is 5.52 Å². The molecule has 146 valence electrons. The number of anilines is 1. The van der Waals surface area contributed by atoms with Crippen LogP contribution in [-0.4, -0.2) is 16.3 Å². The third-order valence-electron chi connectivity index (χ3n) is 5.35. The number of thiazole rings is 1. The molecular weight excluding hydrogens is 396 g/mol. The number of allylic oxidation sites excluding steroid dienone is 2. The second-order valence-electron chi connectivity index (χ2n) is 6.98. The van der Waals surface area contributed by atoms with Crippen LogP contribution >= 0.6 is 23.1 Å². The van der Waals surface area contributed by atoms with Gasteiger partial charge in [0.25, 0.3) is 5.01 Å². The number of rotatable bonds is 4. The minimum Gasteiger partial charge on any atom is -0.335 e. The van der Waals surface area contributed by atoms with E-state index < -0.39 is 0 Å². The van der Waals surface area contributed by atoms with E-state index in [-0.39, 0.29) is 0 Å². The molecule has 2 aromatic heterocycles. The highest BCUT2D eigenvalue weighted by molar-refractivity contribution is 8.04. The highest BCUT2D eigenvalue weighted by Crippen LogP contribution is 2.49. The average molecular weight is 420 g/mol. The third-order valence-corrected chi connectivity index (χ3v) is 7.65. The SMILES string of the molecule is CCN1C(=CC=Cc2sc3ccccc3[n+]2CC)Sc2c1ccc1cnn(C)c21. The van der Waals surface area contributed by atoms with Crippen LogP contribution in [0.15, 0.2) is 64.7 Å². The Morgan fingerprint density at radius 1 is 1.14 bits per heavy atom. The summed E-state index contributed by atoms with van der Waals surface area (Å²) in [7, 11) is 2.02. The Labute approximate surface area is 178 Å². The lowest BCUT2D eigenvalue weighted by molar-refractivity contribution is -0.665. The molecule has 0 saturated heterocycles. The molecule has 0 N–H and O–H groups in total. The molecule has 0 bridgehead atoms. The van der Waals surface area contributed by atoms with E-state index >= 15 is 0 Å². The number of aryl methyl sites for hydroxylation is 2. The lowest BCUT2D eigenvalue weighted by atomic mass is 10.2. The van der Waals surface area contributed by atoms with Crippen molar-refractivity contribution >= 4 is 56.0 Å². The lowest BCUT2D eigenvalue weighted by Gasteiger charge is -2.17. The van der Waals surface area contributed by atoms with Crippen molar-refractivity contribution < 1.29 is 4.57 Å². The molecule has 1 aliphatic rings. The number of thioether (sulfide) groups is 1. The van der Waals surface area contributed by atoms with E-state index in [0.29, 0.717) is 0 Å². The maximum atomic E-state index is 4.44. The summed E-state index contributed by atoms with van der Waals surface area (Å²) in [5.41, 5.74) is 3.80. The van der Waals surface area contributed by atoms with Crippen LogP contribution in [0, 0.1) is 0 Å². The Hall–Kier alpha value is -2.57. The van der Waals surface area contributed by atoms with Crippen LogP contribution < -0.4 is 9.47 Å². The van der Waals surface area contributed by atoms with Gasteiger partial charge in [-0.1, -0.05) is 41.3 Å². The Bertz CT molecular complexity index is 1280. The molecule has 0 saturated carbocycles. The molecule has 0 radical (unpaired) electrons. The molecule has 0 amide bonds. The number of hydrogen-bond acceptors (Lipinski definition) is 4. The quantitative estimate of drug-likeness (QED) is 0.404. The van der Waals surface area contributed by atoms with Gasteiger partial charge in [-0.05, 0) is 38.1 Å². The highest BCUT2D eigenvalue weighted by atomic mass is 32.2. The predicted octanol–water partition coefficient (Wildman–Crippen LogP) is 5.58. The Morgan fingerprint density at radius 3 is 2.83 bits per heavy atom. The number of benzene rings is 2. The second-order valence-corrected chi connectivity index (χ2v) is 9.08. The van der Waals surface area contributed by atoms with Crippen molar-refractivity contribution in [1.82, 2.24) is 9.78 Å². The van der Waals surface area contributed by atoms with Crippen LogP contribution in [0.2, 0.25) is 0 Å². The average Bonchev–Trinajstić information content (AvgIpc) is 3.40. The summed E-state index contributed by atoms with van der Waals surface area (Å²) in [4.78, 5) is 3.68. The zero-order valence-electron chi connectivity index (χ0n) is 16.8. The van der Waals surface area contributed by atoms with Crippen molar-refractivity contribution in [1.29, 1.82) is 0 Å². The van der Waals surface area contributed by atoms with Gasteiger partial charge in [-0.3, -0.25) is 4.68 Å². The van der Waals surface area contributed by atoms with Gasteiger partial charge < -0.3 is 4.90 Å². The summed E-state index contributed by atoms with van der Waals surface area (Å²) in [5, 5.41) is 8.18. The van der Waals surface area contributed by atoms with E-state index in [0.717, 1.165) is 13.1 Å². The van der Waals surface area contributed by atoms with Gasteiger partial charge in [-0.2, -0.15) is 9.67 Å². The van der Waals surface area contributed by atoms with Crippen LogP contribution in [0.1, 0.15) is 18.9 Å². The van der Waals surface area contributed by atoms with Gasteiger partial charge in [-0.25, -0.2) is 0 Å². The molecule has 29 heavy (non-hydrogen) atoms. The van der Waals surface area contributed by atoms with Crippen LogP contribution in [0.25, 0.3) is 27.2 Å². The van der Waals surface area contributed by atoms with Crippen LogP contribution in [0.5, 0.6) is 0 Å². The zero-order valence-corrected chi connectivity index (χ0v) is 18.4. The van der Waals surface area contributed by atoms with E-state index in [1.807, 2.05) is 41.0 Å². The monoisotopic (exact) mass is 419 g/mol. The topological polar surface area (TPSA) is 24.9 Å². The first kappa shape index (κ1) is 18.5. The molecule has 0 fully saturated rings. The lowest BCUT2D eigenvalue weighted by Crippen LogP contribution is -2.33. The molecule has 1 aliphatic heterocycles. The van der Waals surface area contributed by atoms with Crippen LogP contribution in [0.4, 0.5) is 5.69 Å². The smallest absolute Gasteiger partial charge is 0.262 e. The van der Waals surface area contributed by atoms with Gasteiger partial charge in [-0.15, -0.1) is 0 Å². The Morgan fingerprint density at radius 2 is 2.00 bits per heavy atom. The fourth-order valence-corrected chi connectivity index (χ4v) is 6.44. The number of aromatic nitrogens is 3. The third kappa shape index (κ3) is 2.98. The van der Waals surface area contributed by atoms with E-state index in [4.69, 9.17) is 0 Å².